The molecule has 1 aliphatic carbocycles. The molecule has 1 aliphatic rings. The Morgan fingerprint density at radius 3 is 1.73 bits per heavy atom. The van der Waals surface area contributed by atoms with E-state index >= 15 is 0 Å². The quantitative estimate of drug-likeness (QED) is 0.118. The van der Waals surface area contributed by atoms with Crippen LogP contribution < -0.4 is 9.80 Å². The van der Waals surface area contributed by atoms with Crippen molar-refractivity contribution in [3.8, 4) is 56.2 Å². The summed E-state index contributed by atoms with van der Waals surface area (Å²) in [4.78, 5) is 29.7. The van der Waals surface area contributed by atoms with Gasteiger partial charge in [-0.15, -0.1) is 0 Å². The van der Waals surface area contributed by atoms with E-state index in [0.717, 1.165) is 181 Å². The Balaban J connectivity index is 0.945. The highest BCUT2D eigenvalue weighted by Gasteiger charge is 2.30. The molecule has 0 aliphatic heterocycles. The summed E-state index contributed by atoms with van der Waals surface area (Å²) in [5, 5.41) is 12.5. The third-order valence-corrected chi connectivity index (χ3v) is 19.5. The van der Waals surface area contributed by atoms with Crippen LogP contribution in [0.4, 0.5) is 34.1 Å². The van der Waals surface area contributed by atoms with Gasteiger partial charge in [-0.2, -0.15) is 0 Å². The normalized spacial score (nSPS) is 12.8. The summed E-state index contributed by atoms with van der Waals surface area (Å²) in [6.45, 7) is 0. The van der Waals surface area contributed by atoms with Crippen molar-refractivity contribution >= 4 is 121 Å². The summed E-state index contributed by atoms with van der Waals surface area (Å²) < 4.78 is 15.5. The fourth-order valence-corrected chi connectivity index (χ4v) is 15.0. The Hall–Kier alpha value is -12.3. The largest absolute Gasteiger partial charge is 0.455 e. The first-order valence-electron chi connectivity index (χ1n) is 32.6. The third-order valence-electron chi connectivity index (χ3n) is 19.5. The minimum Gasteiger partial charge on any atom is -0.455 e. The summed E-state index contributed by atoms with van der Waals surface area (Å²) in [6.07, 6.45) is 9.77. The number of anilines is 6. The van der Waals surface area contributed by atoms with Crippen LogP contribution in [0.3, 0.4) is 0 Å². The highest BCUT2D eigenvalue weighted by molar-refractivity contribution is 6.39. The maximum atomic E-state index is 7.83. The molecule has 95 heavy (non-hydrogen) atoms. The maximum Gasteiger partial charge on any atom is 0.166 e. The summed E-state index contributed by atoms with van der Waals surface area (Å²) in [6, 6.07) is 97.8. The van der Waals surface area contributed by atoms with Gasteiger partial charge < -0.3 is 18.6 Å². The Morgan fingerprint density at radius 2 is 0.958 bits per heavy atom. The van der Waals surface area contributed by atoms with Crippen molar-refractivity contribution in [1.82, 2.24) is 24.9 Å². The lowest BCUT2D eigenvalue weighted by Crippen LogP contribution is -2.10. The van der Waals surface area contributed by atoms with E-state index in [4.69, 9.17) is 28.8 Å². The molecule has 0 amide bonds. The second-order valence-electron chi connectivity index (χ2n) is 25.0. The molecule has 0 unspecified atom stereocenters. The molecule has 0 saturated heterocycles. The van der Waals surface area contributed by atoms with Gasteiger partial charge in [-0.05, 0) is 176 Å². The predicted molar refractivity (Wildman–Crippen MR) is 389 cm³/mol. The fourth-order valence-electron chi connectivity index (χ4n) is 15.0. The second kappa shape index (κ2) is 22.2. The molecule has 19 rings (SSSR count). The van der Waals surface area contributed by atoms with Crippen molar-refractivity contribution in [2.75, 3.05) is 9.80 Å². The molecule has 13 aromatic carbocycles. The zero-order valence-corrected chi connectivity index (χ0v) is 51.6. The van der Waals surface area contributed by atoms with E-state index in [1.54, 1.807) is 12.5 Å². The molecule has 0 bridgehead atoms. The fraction of sp³-hybridized carbons (Fsp3) is 0.0581. The van der Waals surface area contributed by atoms with Gasteiger partial charge in [0, 0.05) is 79.5 Å². The topological polar surface area (TPSA) is 97.2 Å². The summed E-state index contributed by atoms with van der Waals surface area (Å²) in [5.41, 5.74) is 17.4. The second-order valence-corrected chi connectivity index (χ2v) is 25.0. The van der Waals surface area contributed by atoms with Crippen LogP contribution in [-0.4, -0.2) is 24.9 Å². The van der Waals surface area contributed by atoms with Crippen LogP contribution in [0.15, 0.2) is 301 Å². The Labute approximate surface area is 546 Å². The van der Waals surface area contributed by atoms with Crippen molar-refractivity contribution in [3.05, 3.63) is 298 Å². The SMILES string of the molecule is c1ccc(-c2ccc(N(c3ccccc3)c3ccc4c5ccc(-c6cccc(-c7cccnc7)n6)c6oc7c(-c8ncnc(C9CCCC9)n8)ccc(c8cc(N(c9ccccc9)c9cc(-c%10ccc%11ccccc%11c%10)cc%10ccccc9%10)cc9oc3c4c98)c7c65)cc2)cc1. The first-order valence-corrected chi connectivity index (χ1v) is 32.6. The van der Waals surface area contributed by atoms with E-state index in [1.165, 1.54) is 10.8 Å². The van der Waals surface area contributed by atoms with Gasteiger partial charge in [-0.3, -0.25) is 4.98 Å². The molecular weight excluding hydrogens is 1160 g/mol. The van der Waals surface area contributed by atoms with Crippen molar-refractivity contribution in [3.63, 3.8) is 0 Å². The van der Waals surface area contributed by atoms with Gasteiger partial charge in [-0.1, -0.05) is 177 Å². The van der Waals surface area contributed by atoms with Crippen molar-refractivity contribution < 1.29 is 8.83 Å². The molecule has 1 fully saturated rings. The van der Waals surface area contributed by atoms with Gasteiger partial charge in [0.1, 0.15) is 28.9 Å². The number of benzene rings is 12. The molecule has 9 nitrogen and oxygen atoms in total. The van der Waals surface area contributed by atoms with E-state index in [0.29, 0.717) is 17.0 Å². The molecule has 0 spiro atoms. The molecule has 448 valence electrons. The Morgan fingerprint density at radius 1 is 0.347 bits per heavy atom. The Bertz CT molecular complexity index is 5990. The number of hydrogen-bond donors (Lipinski definition) is 0. The summed E-state index contributed by atoms with van der Waals surface area (Å²) in [5.74, 6) is 1.68. The molecule has 0 N–H and O–H groups in total. The van der Waals surface area contributed by atoms with Gasteiger partial charge in [0.15, 0.2) is 11.4 Å². The first kappa shape index (κ1) is 54.4. The lowest BCUT2D eigenvalue weighted by atomic mass is 9.91. The average Bonchev–Trinajstić information content (AvgIpc) is 1.56. The molecule has 1 saturated carbocycles. The molecule has 0 radical (unpaired) electrons. The summed E-state index contributed by atoms with van der Waals surface area (Å²) in [7, 11) is 0. The van der Waals surface area contributed by atoms with Crippen molar-refractivity contribution in [1.29, 1.82) is 0 Å². The van der Waals surface area contributed by atoms with E-state index in [-0.39, 0.29) is 5.92 Å². The first-order chi connectivity index (χ1) is 47.1. The number of aromatic nitrogens is 5. The third kappa shape index (κ3) is 9.10. The number of furan rings is 2. The number of pyridine rings is 2. The predicted octanol–water partition coefficient (Wildman–Crippen LogP) is 23.4. The number of rotatable bonds is 12. The van der Waals surface area contributed by atoms with E-state index in [2.05, 4.69) is 270 Å². The lowest BCUT2D eigenvalue weighted by molar-refractivity contribution is 0.659. The van der Waals surface area contributed by atoms with Gasteiger partial charge in [0.05, 0.1) is 34.0 Å². The molecule has 18 aromatic rings. The van der Waals surface area contributed by atoms with Crippen LogP contribution in [0.2, 0.25) is 0 Å². The highest BCUT2D eigenvalue weighted by atomic mass is 16.3. The molecule has 0 atom stereocenters. The van der Waals surface area contributed by atoms with Gasteiger partial charge in [0.25, 0.3) is 0 Å². The van der Waals surface area contributed by atoms with Crippen LogP contribution >= 0.6 is 0 Å². The number of hydrogen-bond acceptors (Lipinski definition) is 9. The lowest BCUT2D eigenvalue weighted by Gasteiger charge is -2.28. The van der Waals surface area contributed by atoms with Gasteiger partial charge in [-0.25, -0.2) is 19.9 Å². The minimum absolute atomic E-state index is 0.273. The van der Waals surface area contributed by atoms with E-state index < -0.39 is 0 Å². The minimum atomic E-state index is 0.273. The van der Waals surface area contributed by atoms with Crippen molar-refractivity contribution in [2.24, 2.45) is 0 Å². The van der Waals surface area contributed by atoms with Gasteiger partial charge in [0.2, 0.25) is 0 Å². The van der Waals surface area contributed by atoms with Crippen LogP contribution in [0, 0.1) is 0 Å². The zero-order valence-electron chi connectivity index (χ0n) is 51.6. The summed E-state index contributed by atoms with van der Waals surface area (Å²) >= 11 is 0. The number of para-hydroxylation sites is 2. The highest BCUT2D eigenvalue weighted by Crippen LogP contribution is 2.54. The average molecular weight is 1220 g/mol. The molecule has 5 aromatic heterocycles. The molecule has 5 heterocycles. The number of nitrogens with zero attached hydrogens (tertiary/aromatic N) is 7. The Kier molecular flexibility index (Phi) is 12.7. The van der Waals surface area contributed by atoms with Crippen LogP contribution in [0.5, 0.6) is 0 Å². The van der Waals surface area contributed by atoms with Crippen molar-refractivity contribution in [2.45, 2.75) is 31.6 Å². The van der Waals surface area contributed by atoms with E-state index in [9.17, 15) is 0 Å². The van der Waals surface area contributed by atoms with Gasteiger partial charge >= 0.3 is 0 Å². The number of fused-ring (bicyclic) bond motifs is 4. The smallest absolute Gasteiger partial charge is 0.166 e. The van der Waals surface area contributed by atoms with Crippen LogP contribution in [-0.2, 0) is 0 Å². The van der Waals surface area contributed by atoms with E-state index in [1.807, 2.05) is 24.4 Å². The standard InChI is InChI=1S/C86H57N7O2/c1-4-18-53(19-5-1)55-35-37-64(38-36-55)92(62-26-6-2-7-27-62)75-44-43-68-67-39-41-70(74-32-16-31-73(90-74)60-25-17-45-87-51-60)82-80(67)81-69(40-42-71(83(81)95-82)86-89-52-88-85(91-86)56-21-11-12-22-56)72-49-65(50-77-78(72)79(68)84(75)94-77)93(63-28-8-3-9-29-63)76-48-61(47-59-24-14-15-30-66(59)76)58-34-33-54-20-10-13-23-57(54)46-58/h1-10,13-20,23-52,56H,11-12,21-22H2. The van der Waals surface area contributed by atoms with Crippen LogP contribution in [0.1, 0.15) is 37.4 Å². The maximum absolute atomic E-state index is 7.83. The zero-order chi connectivity index (χ0) is 62.5. The molecule has 9 heteroatoms. The molecular formula is C86H57N7O2. The monoisotopic (exact) mass is 1220 g/mol. The van der Waals surface area contributed by atoms with Crippen LogP contribution in [0.25, 0.3) is 143 Å².